The number of rotatable bonds is 5. The maximum absolute atomic E-state index is 15.4. The second-order valence-corrected chi connectivity index (χ2v) is 8.47. The molecule has 2 aliphatic rings. The van der Waals surface area contributed by atoms with Crippen molar-refractivity contribution in [1.29, 1.82) is 0 Å². The van der Waals surface area contributed by atoms with Gasteiger partial charge in [-0.3, -0.25) is 14.0 Å². The molecule has 164 valence electrons. The Kier molecular flexibility index (Phi) is 4.17. The van der Waals surface area contributed by atoms with E-state index >= 15 is 8.78 Å². The highest BCUT2D eigenvalue weighted by atomic mass is 19.3. The largest absolute Gasteiger partial charge is 0.350 e. The molecule has 12 heteroatoms. The van der Waals surface area contributed by atoms with Gasteiger partial charge in [-0.25, -0.2) is 14.4 Å². The van der Waals surface area contributed by atoms with Crippen molar-refractivity contribution < 1.29 is 18.4 Å². The van der Waals surface area contributed by atoms with Crippen molar-refractivity contribution in [2.45, 2.75) is 31.6 Å². The summed E-state index contributed by atoms with van der Waals surface area (Å²) >= 11 is 0. The number of pyridine rings is 1. The van der Waals surface area contributed by atoms with Crippen molar-refractivity contribution in [3.8, 4) is 0 Å². The number of halogens is 2. The van der Waals surface area contributed by atoms with E-state index in [1.807, 2.05) is 0 Å². The lowest BCUT2D eigenvalue weighted by molar-refractivity contribution is -0.127. The van der Waals surface area contributed by atoms with Gasteiger partial charge in [-0.05, 0) is 43.9 Å². The summed E-state index contributed by atoms with van der Waals surface area (Å²) in [6.07, 6.45) is 5.56. The molecule has 4 heterocycles. The molecule has 4 aromatic heterocycles. The van der Waals surface area contributed by atoms with Crippen LogP contribution in [0.2, 0.25) is 0 Å². The Bertz CT molecular complexity index is 1420. The quantitative estimate of drug-likeness (QED) is 0.339. The molecule has 33 heavy (non-hydrogen) atoms. The number of imidazole rings is 1. The molecule has 2 aliphatic carbocycles. The van der Waals surface area contributed by atoms with Gasteiger partial charge in [0.25, 0.3) is 0 Å². The molecule has 0 spiro atoms. The Balaban J connectivity index is 1.40. The number of fused-ring (bicyclic) bond motifs is 2. The average molecular weight is 447 g/mol. The molecule has 0 unspecified atom stereocenters. The highest BCUT2D eigenvalue weighted by Gasteiger charge is 2.44. The van der Waals surface area contributed by atoms with E-state index in [1.165, 1.54) is 24.5 Å². The van der Waals surface area contributed by atoms with Crippen LogP contribution in [0.5, 0.6) is 0 Å². The zero-order chi connectivity index (χ0) is 22.9. The van der Waals surface area contributed by atoms with Crippen molar-refractivity contribution >= 4 is 42.2 Å². The smallest absolute Gasteiger partial charge is 0.282 e. The molecule has 2 radical (unpaired) electrons. The first-order chi connectivity index (χ1) is 15.8. The van der Waals surface area contributed by atoms with Crippen molar-refractivity contribution in [2.75, 3.05) is 4.90 Å². The third kappa shape index (κ3) is 3.28. The number of hydrogen-bond acceptors (Lipinski definition) is 6. The van der Waals surface area contributed by atoms with E-state index in [9.17, 15) is 9.59 Å². The van der Waals surface area contributed by atoms with E-state index in [1.54, 1.807) is 6.07 Å². The molecule has 2 fully saturated rings. The van der Waals surface area contributed by atoms with Crippen LogP contribution < -0.4 is 10.4 Å². The number of imide groups is 1. The van der Waals surface area contributed by atoms with E-state index in [2.05, 4.69) is 20.3 Å². The third-order valence-electron chi connectivity index (χ3n) is 5.86. The van der Waals surface area contributed by atoms with Gasteiger partial charge in [-0.1, -0.05) is 11.5 Å². The minimum absolute atomic E-state index is 0.0949. The number of carbonyl (C=O) groups is 2. The maximum Gasteiger partial charge on any atom is 0.350 e. The van der Waals surface area contributed by atoms with Crippen LogP contribution in [0.4, 0.5) is 14.6 Å². The summed E-state index contributed by atoms with van der Waals surface area (Å²) in [5.74, 6) is -5.12. The number of anilines is 1. The van der Waals surface area contributed by atoms with Gasteiger partial charge in [0.1, 0.15) is 13.5 Å². The Morgan fingerprint density at radius 2 is 1.64 bits per heavy atom. The molecule has 2 amide bonds. The monoisotopic (exact) mass is 447 g/mol. The Hall–Kier alpha value is -3.70. The fourth-order valence-corrected chi connectivity index (χ4v) is 3.74. The van der Waals surface area contributed by atoms with E-state index in [4.69, 9.17) is 7.85 Å². The van der Waals surface area contributed by atoms with Crippen molar-refractivity contribution in [2.24, 2.45) is 11.8 Å². The van der Waals surface area contributed by atoms with E-state index in [0.717, 1.165) is 45.6 Å². The Labute approximate surface area is 186 Å². The lowest BCUT2D eigenvalue weighted by atomic mass is 9.99. The Morgan fingerprint density at radius 1 is 0.970 bits per heavy atom. The number of carbonyl (C=O) groups excluding carboxylic acids is 2. The molecule has 4 aromatic rings. The van der Waals surface area contributed by atoms with Gasteiger partial charge >= 0.3 is 5.92 Å². The lowest BCUT2D eigenvalue weighted by Gasteiger charge is -2.17. The number of nitrogens with zero attached hydrogens (tertiary/aromatic N) is 7. The second-order valence-electron chi connectivity index (χ2n) is 8.47. The van der Waals surface area contributed by atoms with Gasteiger partial charge in [0, 0.05) is 18.0 Å². The predicted molar refractivity (Wildman–Crippen MR) is 112 cm³/mol. The average Bonchev–Trinajstić information content (AvgIpc) is 3.71. The standard InChI is InChI=1S/C21H16BF2N7O2/c22-13-5-7-16-26-27-20(29(16)9-13)21(23,24)14-6-8-15-25-17(10-30(15)28-14)31(18(32)11-1-2-11)19(33)12-3-4-12/h5-12H,1-4H2. The summed E-state index contributed by atoms with van der Waals surface area (Å²) in [6, 6.07) is 5.53. The molecule has 0 N–H and O–H groups in total. The summed E-state index contributed by atoms with van der Waals surface area (Å²) in [7, 11) is 5.73. The summed E-state index contributed by atoms with van der Waals surface area (Å²) in [5, 5.41) is 11.4. The summed E-state index contributed by atoms with van der Waals surface area (Å²) in [6.45, 7) is 0. The fraction of sp³-hybridized carbons (Fsp3) is 0.333. The first kappa shape index (κ1) is 20.0. The van der Waals surface area contributed by atoms with Gasteiger partial charge in [0.2, 0.25) is 17.6 Å². The predicted octanol–water partition coefficient (Wildman–Crippen LogP) is 1.39. The number of alkyl halides is 2. The second kappa shape index (κ2) is 6.90. The van der Waals surface area contributed by atoms with Gasteiger partial charge in [0.05, 0.1) is 6.20 Å². The van der Waals surface area contributed by atoms with Crippen LogP contribution in [0.25, 0.3) is 11.3 Å². The van der Waals surface area contributed by atoms with Crippen LogP contribution in [0.1, 0.15) is 37.2 Å². The summed E-state index contributed by atoms with van der Waals surface area (Å²) < 4.78 is 33.0. The highest BCUT2D eigenvalue weighted by molar-refractivity contribution is 6.32. The molecule has 0 bridgehead atoms. The molecule has 0 aromatic carbocycles. The van der Waals surface area contributed by atoms with Crippen molar-refractivity contribution in [1.82, 2.24) is 29.2 Å². The lowest BCUT2D eigenvalue weighted by Crippen LogP contribution is -2.39. The molecule has 0 atom stereocenters. The number of hydrogen-bond donors (Lipinski definition) is 0. The van der Waals surface area contributed by atoms with Crippen LogP contribution in [-0.4, -0.2) is 48.9 Å². The SMILES string of the molecule is [B]c1ccc2nnc(C(F)(F)c3ccc4nc(N(C(=O)C5CC5)C(=O)C5CC5)cn4n3)n2c1. The van der Waals surface area contributed by atoms with Crippen molar-refractivity contribution in [3.63, 3.8) is 0 Å². The summed E-state index contributed by atoms with van der Waals surface area (Å²) in [4.78, 5) is 31.0. The van der Waals surface area contributed by atoms with Gasteiger partial charge < -0.3 is 0 Å². The van der Waals surface area contributed by atoms with Gasteiger partial charge in [0.15, 0.2) is 17.1 Å². The van der Waals surface area contributed by atoms with Crippen molar-refractivity contribution in [3.05, 3.63) is 48.2 Å². The first-order valence-electron chi connectivity index (χ1n) is 10.6. The Morgan fingerprint density at radius 3 is 2.30 bits per heavy atom. The normalized spacial score (nSPS) is 16.4. The fourth-order valence-electron chi connectivity index (χ4n) is 3.74. The summed E-state index contributed by atoms with van der Waals surface area (Å²) in [5.41, 5.74) is 0.141. The number of amides is 2. The molecule has 9 nitrogen and oxygen atoms in total. The zero-order valence-corrected chi connectivity index (χ0v) is 17.2. The van der Waals surface area contributed by atoms with Crippen LogP contribution >= 0.6 is 0 Å². The molecule has 0 aliphatic heterocycles. The molecule has 6 rings (SSSR count). The molecule has 2 saturated carbocycles. The van der Waals surface area contributed by atoms with Gasteiger partial charge in [-0.15, -0.1) is 10.2 Å². The third-order valence-corrected chi connectivity index (χ3v) is 5.86. The molecular weight excluding hydrogens is 431 g/mol. The van der Waals surface area contributed by atoms with Crippen LogP contribution in [0, 0.1) is 11.8 Å². The molecule has 0 saturated heterocycles. The van der Waals surface area contributed by atoms with Crippen LogP contribution in [0.15, 0.2) is 36.7 Å². The van der Waals surface area contributed by atoms with E-state index in [-0.39, 0.29) is 46.2 Å². The first-order valence-corrected chi connectivity index (χ1v) is 10.6. The van der Waals surface area contributed by atoms with Crippen LogP contribution in [-0.2, 0) is 15.5 Å². The van der Waals surface area contributed by atoms with Gasteiger partial charge in [-0.2, -0.15) is 13.9 Å². The maximum atomic E-state index is 15.4. The topological polar surface area (TPSA) is 97.8 Å². The van der Waals surface area contributed by atoms with Crippen LogP contribution in [0.3, 0.4) is 0 Å². The molecular formula is C21H16BF2N7O2. The number of aromatic nitrogens is 6. The van der Waals surface area contributed by atoms with E-state index < -0.39 is 17.4 Å². The van der Waals surface area contributed by atoms with E-state index in [0.29, 0.717) is 0 Å². The minimum atomic E-state index is -3.60. The zero-order valence-electron chi connectivity index (χ0n) is 17.2. The minimum Gasteiger partial charge on any atom is -0.282 e. The highest BCUT2D eigenvalue weighted by Crippen LogP contribution is 2.38.